The van der Waals surface area contributed by atoms with Crippen molar-refractivity contribution in [2.75, 3.05) is 59.4 Å². The standard InChI is InChI=1S/C35H40N2O10/c38-28-12-10-26(11-13-28)24-31(35(42)47-25-27-6-2-1-3-7-27)36-32(39)14-16-43-18-20-45-22-23-46-21-19-44-17-15-37-33(40)29-8-4-5-9-30(29)34(37)41/h1-13,31,38H,14-25H2,(H,36,39)/t31-/m0/s1. The summed E-state index contributed by atoms with van der Waals surface area (Å²) in [4.78, 5) is 51.3. The molecule has 0 radical (unpaired) electrons. The van der Waals surface area contributed by atoms with Gasteiger partial charge < -0.3 is 34.1 Å². The van der Waals surface area contributed by atoms with Gasteiger partial charge in [-0.3, -0.25) is 19.3 Å². The highest BCUT2D eigenvalue weighted by molar-refractivity contribution is 6.21. The lowest BCUT2D eigenvalue weighted by molar-refractivity contribution is -0.149. The van der Waals surface area contributed by atoms with Crippen molar-refractivity contribution in [1.29, 1.82) is 0 Å². The van der Waals surface area contributed by atoms with E-state index in [1.807, 2.05) is 30.3 Å². The Bertz CT molecular complexity index is 1410. The Balaban J connectivity index is 1.01. The summed E-state index contributed by atoms with van der Waals surface area (Å²) >= 11 is 0. The van der Waals surface area contributed by atoms with Gasteiger partial charge in [-0.25, -0.2) is 4.79 Å². The number of rotatable bonds is 21. The Morgan fingerprint density at radius 2 is 1.19 bits per heavy atom. The Labute approximate surface area is 273 Å². The molecule has 0 fully saturated rings. The van der Waals surface area contributed by atoms with Crippen LogP contribution >= 0.6 is 0 Å². The second-order valence-corrected chi connectivity index (χ2v) is 10.6. The van der Waals surface area contributed by atoms with Gasteiger partial charge >= 0.3 is 5.97 Å². The second-order valence-electron chi connectivity index (χ2n) is 10.6. The summed E-state index contributed by atoms with van der Waals surface area (Å²) in [6.07, 6.45) is 0.257. The molecule has 12 nitrogen and oxygen atoms in total. The number of aromatic hydroxyl groups is 1. The lowest BCUT2D eigenvalue weighted by Gasteiger charge is -2.18. The maximum absolute atomic E-state index is 12.8. The van der Waals surface area contributed by atoms with Crippen molar-refractivity contribution in [3.8, 4) is 5.75 Å². The third kappa shape index (κ3) is 11.6. The maximum Gasteiger partial charge on any atom is 0.329 e. The fraction of sp³-hybridized carbons (Fsp3) is 0.371. The summed E-state index contributed by atoms with van der Waals surface area (Å²) in [5.74, 6) is -1.41. The molecule has 12 heteroatoms. The molecule has 2 N–H and O–H groups in total. The minimum atomic E-state index is -0.902. The van der Waals surface area contributed by atoms with Crippen LogP contribution in [0.15, 0.2) is 78.9 Å². The third-order valence-electron chi connectivity index (χ3n) is 7.15. The molecule has 0 saturated carbocycles. The number of nitrogens with zero attached hydrogens (tertiary/aromatic N) is 1. The first kappa shape index (κ1) is 35.2. The Kier molecular flexibility index (Phi) is 14.3. The van der Waals surface area contributed by atoms with Gasteiger partial charge in [-0.15, -0.1) is 0 Å². The molecule has 0 bridgehead atoms. The fourth-order valence-corrected chi connectivity index (χ4v) is 4.68. The average Bonchev–Trinajstić information content (AvgIpc) is 3.33. The van der Waals surface area contributed by atoms with Gasteiger partial charge in [0.1, 0.15) is 18.4 Å². The number of phenolic OH excluding ortho intramolecular Hbond substituents is 1. The highest BCUT2D eigenvalue weighted by Crippen LogP contribution is 2.22. The molecule has 1 aliphatic heterocycles. The van der Waals surface area contributed by atoms with Gasteiger partial charge in [-0.05, 0) is 35.4 Å². The maximum atomic E-state index is 12.8. The number of nitrogens with one attached hydrogen (secondary N) is 1. The van der Waals surface area contributed by atoms with E-state index in [1.165, 1.54) is 17.0 Å². The number of amides is 3. The molecule has 4 rings (SSSR count). The van der Waals surface area contributed by atoms with Crippen molar-refractivity contribution in [3.63, 3.8) is 0 Å². The zero-order valence-corrected chi connectivity index (χ0v) is 26.1. The van der Waals surface area contributed by atoms with Crippen LogP contribution in [0.1, 0.15) is 38.3 Å². The molecule has 0 aromatic heterocycles. The molecule has 3 aromatic rings. The van der Waals surface area contributed by atoms with E-state index >= 15 is 0 Å². The highest BCUT2D eigenvalue weighted by atomic mass is 16.6. The molecule has 3 aromatic carbocycles. The molecule has 3 amide bonds. The number of imide groups is 1. The van der Waals surface area contributed by atoms with Crippen LogP contribution in [-0.2, 0) is 46.3 Å². The number of fused-ring (bicyclic) bond motifs is 1. The van der Waals surface area contributed by atoms with Gasteiger partial charge in [0, 0.05) is 12.8 Å². The van der Waals surface area contributed by atoms with Gasteiger partial charge in [0.05, 0.1) is 70.5 Å². The van der Waals surface area contributed by atoms with E-state index in [-0.39, 0.29) is 69.3 Å². The van der Waals surface area contributed by atoms with Crippen molar-refractivity contribution in [2.45, 2.75) is 25.5 Å². The van der Waals surface area contributed by atoms with E-state index in [9.17, 15) is 24.3 Å². The predicted octanol–water partition coefficient (Wildman–Crippen LogP) is 2.92. The largest absolute Gasteiger partial charge is 0.508 e. The minimum absolute atomic E-state index is 0.0498. The van der Waals surface area contributed by atoms with Gasteiger partial charge in [0.2, 0.25) is 5.91 Å². The number of phenols is 1. The number of esters is 1. The molecule has 1 aliphatic rings. The van der Waals surface area contributed by atoms with Crippen LogP contribution in [0.5, 0.6) is 5.75 Å². The Morgan fingerprint density at radius 3 is 1.79 bits per heavy atom. The van der Waals surface area contributed by atoms with Crippen LogP contribution in [0.4, 0.5) is 0 Å². The van der Waals surface area contributed by atoms with Crippen LogP contribution in [0.3, 0.4) is 0 Å². The average molecular weight is 649 g/mol. The number of hydrogen-bond donors (Lipinski definition) is 2. The molecule has 1 atom stereocenters. The topological polar surface area (TPSA) is 150 Å². The first-order chi connectivity index (χ1) is 22.9. The molecule has 250 valence electrons. The van der Waals surface area contributed by atoms with E-state index in [1.54, 1.807) is 36.4 Å². The number of hydrogen-bond acceptors (Lipinski definition) is 10. The summed E-state index contributed by atoms with van der Waals surface area (Å²) < 4.78 is 27.4. The quantitative estimate of drug-likeness (QED) is 0.100. The third-order valence-corrected chi connectivity index (χ3v) is 7.15. The Morgan fingerprint density at radius 1 is 0.660 bits per heavy atom. The second kappa shape index (κ2) is 19.1. The number of ether oxygens (including phenoxy) is 5. The summed E-state index contributed by atoms with van der Waals surface area (Å²) in [5.41, 5.74) is 2.43. The number of carbonyl (C=O) groups excluding carboxylic acids is 4. The zero-order chi connectivity index (χ0) is 33.3. The van der Waals surface area contributed by atoms with E-state index < -0.39 is 12.0 Å². The van der Waals surface area contributed by atoms with Crippen LogP contribution in [0.2, 0.25) is 0 Å². The molecular formula is C35H40N2O10. The minimum Gasteiger partial charge on any atom is -0.508 e. The van der Waals surface area contributed by atoms with Gasteiger partial charge in [0.15, 0.2) is 0 Å². The lowest BCUT2D eigenvalue weighted by Crippen LogP contribution is -2.43. The summed E-state index contributed by atoms with van der Waals surface area (Å²) in [5, 5.41) is 12.3. The monoisotopic (exact) mass is 648 g/mol. The van der Waals surface area contributed by atoms with E-state index in [0.717, 1.165) is 11.1 Å². The van der Waals surface area contributed by atoms with Crippen molar-refractivity contribution >= 4 is 23.7 Å². The fourth-order valence-electron chi connectivity index (χ4n) is 4.68. The van der Waals surface area contributed by atoms with Gasteiger partial charge in [-0.2, -0.15) is 0 Å². The molecule has 0 spiro atoms. The Hall–Kier alpha value is -4.62. The smallest absolute Gasteiger partial charge is 0.329 e. The van der Waals surface area contributed by atoms with Crippen molar-refractivity contribution in [1.82, 2.24) is 10.2 Å². The SMILES string of the molecule is O=C(CCOCCOCCOCCOCCN1C(=O)c2ccccc2C1=O)N[C@@H](Cc1ccc(O)cc1)C(=O)OCc1ccccc1. The van der Waals surface area contributed by atoms with E-state index in [0.29, 0.717) is 44.2 Å². The van der Waals surface area contributed by atoms with Crippen molar-refractivity contribution in [3.05, 3.63) is 101 Å². The normalized spacial score (nSPS) is 13.0. The van der Waals surface area contributed by atoms with Crippen molar-refractivity contribution in [2.24, 2.45) is 0 Å². The summed E-state index contributed by atoms with van der Waals surface area (Å²) in [6.45, 7) is 2.59. The first-order valence-electron chi connectivity index (χ1n) is 15.5. The van der Waals surface area contributed by atoms with E-state index in [4.69, 9.17) is 23.7 Å². The molecule has 0 saturated heterocycles. The molecule has 0 aliphatic carbocycles. The van der Waals surface area contributed by atoms with Gasteiger partial charge in [0.25, 0.3) is 11.8 Å². The zero-order valence-electron chi connectivity index (χ0n) is 26.1. The summed E-state index contributed by atoms with van der Waals surface area (Å²) in [7, 11) is 0. The van der Waals surface area contributed by atoms with Gasteiger partial charge in [-0.1, -0.05) is 54.6 Å². The number of carbonyl (C=O) groups is 4. The van der Waals surface area contributed by atoms with Crippen LogP contribution in [-0.4, -0.2) is 99.1 Å². The molecule has 1 heterocycles. The van der Waals surface area contributed by atoms with E-state index in [2.05, 4.69) is 5.32 Å². The molecule has 0 unspecified atom stereocenters. The van der Waals surface area contributed by atoms with Crippen LogP contribution < -0.4 is 5.32 Å². The van der Waals surface area contributed by atoms with Crippen LogP contribution in [0, 0.1) is 0 Å². The van der Waals surface area contributed by atoms with Crippen LogP contribution in [0.25, 0.3) is 0 Å². The number of benzene rings is 3. The molecular weight excluding hydrogens is 608 g/mol. The highest BCUT2D eigenvalue weighted by Gasteiger charge is 2.34. The lowest BCUT2D eigenvalue weighted by atomic mass is 10.1. The predicted molar refractivity (Wildman–Crippen MR) is 170 cm³/mol. The van der Waals surface area contributed by atoms with Crippen molar-refractivity contribution < 1.29 is 48.0 Å². The first-order valence-corrected chi connectivity index (χ1v) is 15.5. The molecule has 47 heavy (non-hydrogen) atoms. The summed E-state index contributed by atoms with van der Waals surface area (Å²) in [6, 6.07) is 21.5.